The number of hydrogen-bond acceptors (Lipinski definition) is 5. The van der Waals surface area contributed by atoms with Gasteiger partial charge in [0.05, 0.1) is 13.2 Å². The van der Waals surface area contributed by atoms with E-state index in [2.05, 4.69) is 5.32 Å². The SMILES string of the molecule is CCOC(=O)c1c(-c2ccc(F)cc2)csc1NC(=O)CCCOc1cccc(C)c1C. The fourth-order valence-electron chi connectivity index (χ4n) is 3.18. The van der Waals surface area contributed by atoms with Gasteiger partial charge in [0, 0.05) is 17.4 Å². The Kier molecular flexibility index (Phi) is 8.00. The standard InChI is InChI=1S/C25H26FNO4S/c1-4-30-25(29)23-20(18-10-12-19(26)13-11-18)15-32-24(23)27-22(28)9-6-14-31-21-8-5-7-16(2)17(21)3/h5,7-8,10-13,15H,4,6,9,14H2,1-3H3,(H,27,28). The lowest BCUT2D eigenvalue weighted by atomic mass is 10.0. The quantitative estimate of drug-likeness (QED) is 0.311. The molecule has 1 amide bonds. The van der Waals surface area contributed by atoms with Gasteiger partial charge in [0.1, 0.15) is 22.1 Å². The molecular weight excluding hydrogens is 429 g/mol. The lowest BCUT2D eigenvalue weighted by Gasteiger charge is -2.11. The van der Waals surface area contributed by atoms with Crippen molar-refractivity contribution in [1.29, 1.82) is 0 Å². The number of anilines is 1. The van der Waals surface area contributed by atoms with Crippen LogP contribution in [0.5, 0.6) is 5.75 Å². The van der Waals surface area contributed by atoms with Crippen LogP contribution >= 0.6 is 11.3 Å². The zero-order valence-corrected chi connectivity index (χ0v) is 19.2. The minimum absolute atomic E-state index is 0.209. The van der Waals surface area contributed by atoms with Crippen molar-refractivity contribution >= 4 is 28.2 Å². The van der Waals surface area contributed by atoms with Crippen LogP contribution in [-0.2, 0) is 9.53 Å². The molecule has 3 rings (SSSR count). The van der Waals surface area contributed by atoms with E-state index in [9.17, 15) is 14.0 Å². The summed E-state index contributed by atoms with van der Waals surface area (Å²) < 4.78 is 24.3. The van der Waals surface area contributed by atoms with Crippen LogP contribution in [0.4, 0.5) is 9.39 Å². The summed E-state index contributed by atoms with van der Waals surface area (Å²) in [5.74, 6) is -0.287. The number of rotatable bonds is 9. The number of hydrogen-bond donors (Lipinski definition) is 1. The van der Waals surface area contributed by atoms with Crippen molar-refractivity contribution in [2.75, 3.05) is 18.5 Å². The number of ether oxygens (including phenoxy) is 2. The molecule has 1 heterocycles. The van der Waals surface area contributed by atoms with Gasteiger partial charge in [-0.25, -0.2) is 9.18 Å². The Morgan fingerprint density at radius 2 is 1.84 bits per heavy atom. The van der Waals surface area contributed by atoms with E-state index in [1.54, 1.807) is 24.4 Å². The molecule has 0 saturated heterocycles. The maximum Gasteiger partial charge on any atom is 0.341 e. The monoisotopic (exact) mass is 455 g/mol. The van der Waals surface area contributed by atoms with E-state index in [1.807, 2.05) is 32.0 Å². The predicted molar refractivity (Wildman–Crippen MR) is 125 cm³/mol. The summed E-state index contributed by atoms with van der Waals surface area (Å²) in [6.07, 6.45) is 0.779. The summed E-state index contributed by atoms with van der Waals surface area (Å²) in [6.45, 7) is 6.37. The molecule has 32 heavy (non-hydrogen) atoms. The largest absolute Gasteiger partial charge is 0.493 e. The Bertz CT molecular complexity index is 1090. The molecule has 2 aromatic carbocycles. The Morgan fingerprint density at radius 1 is 1.09 bits per heavy atom. The highest BCUT2D eigenvalue weighted by atomic mass is 32.1. The average molecular weight is 456 g/mol. The Morgan fingerprint density at radius 3 is 2.56 bits per heavy atom. The number of carbonyl (C=O) groups excluding carboxylic acids is 2. The minimum atomic E-state index is -0.526. The van der Waals surface area contributed by atoms with Crippen molar-refractivity contribution in [3.05, 3.63) is 70.4 Å². The molecule has 0 fully saturated rings. The second kappa shape index (κ2) is 10.9. The molecule has 0 aliphatic rings. The van der Waals surface area contributed by atoms with Crippen molar-refractivity contribution in [2.45, 2.75) is 33.6 Å². The lowest BCUT2D eigenvalue weighted by Crippen LogP contribution is -2.15. The van der Waals surface area contributed by atoms with Crippen molar-refractivity contribution in [3.8, 4) is 16.9 Å². The number of aryl methyl sites for hydroxylation is 1. The van der Waals surface area contributed by atoms with Crippen molar-refractivity contribution < 1.29 is 23.5 Å². The van der Waals surface area contributed by atoms with Gasteiger partial charge >= 0.3 is 5.97 Å². The highest BCUT2D eigenvalue weighted by molar-refractivity contribution is 7.15. The second-order valence-corrected chi connectivity index (χ2v) is 8.16. The maximum absolute atomic E-state index is 13.3. The van der Waals surface area contributed by atoms with E-state index in [1.165, 1.54) is 23.5 Å². The molecule has 168 valence electrons. The second-order valence-electron chi connectivity index (χ2n) is 7.28. The molecule has 0 atom stereocenters. The van der Waals surface area contributed by atoms with Crippen LogP contribution in [0.1, 0.15) is 41.3 Å². The minimum Gasteiger partial charge on any atom is -0.493 e. The van der Waals surface area contributed by atoms with Crippen LogP contribution in [0.3, 0.4) is 0 Å². The van der Waals surface area contributed by atoms with Crippen LogP contribution in [-0.4, -0.2) is 25.1 Å². The van der Waals surface area contributed by atoms with E-state index in [-0.39, 0.29) is 30.3 Å². The first kappa shape index (κ1) is 23.5. The van der Waals surface area contributed by atoms with Crippen molar-refractivity contribution in [2.24, 2.45) is 0 Å². The van der Waals surface area contributed by atoms with Crippen LogP contribution in [0, 0.1) is 19.7 Å². The van der Waals surface area contributed by atoms with Gasteiger partial charge in [0.2, 0.25) is 5.91 Å². The van der Waals surface area contributed by atoms with E-state index in [4.69, 9.17) is 9.47 Å². The Hall–Kier alpha value is -3.19. The number of nitrogens with one attached hydrogen (secondary N) is 1. The third kappa shape index (κ3) is 5.73. The number of halogens is 1. The number of benzene rings is 2. The van der Waals surface area contributed by atoms with Gasteiger partial charge in [-0.1, -0.05) is 24.3 Å². The molecular formula is C25H26FNO4S. The van der Waals surface area contributed by atoms with Gasteiger partial charge in [0.15, 0.2) is 0 Å². The molecule has 7 heteroatoms. The zero-order chi connectivity index (χ0) is 23.1. The van der Waals surface area contributed by atoms with Gasteiger partial charge in [-0.2, -0.15) is 0 Å². The van der Waals surface area contributed by atoms with Crippen LogP contribution in [0.25, 0.3) is 11.1 Å². The average Bonchev–Trinajstić information content (AvgIpc) is 3.18. The molecule has 0 bridgehead atoms. The summed E-state index contributed by atoms with van der Waals surface area (Å²) in [5.41, 5.74) is 3.79. The molecule has 3 aromatic rings. The number of esters is 1. The number of thiophene rings is 1. The van der Waals surface area contributed by atoms with E-state index in [0.29, 0.717) is 29.2 Å². The predicted octanol–water partition coefficient (Wildman–Crippen LogP) is 6.15. The van der Waals surface area contributed by atoms with Gasteiger partial charge in [0.25, 0.3) is 0 Å². The third-order valence-electron chi connectivity index (χ3n) is 5.04. The van der Waals surface area contributed by atoms with E-state index >= 15 is 0 Å². The van der Waals surface area contributed by atoms with Crippen LogP contribution < -0.4 is 10.1 Å². The highest BCUT2D eigenvalue weighted by Gasteiger charge is 2.22. The van der Waals surface area contributed by atoms with Gasteiger partial charge in [-0.3, -0.25) is 4.79 Å². The molecule has 1 N–H and O–H groups in total. The zero-order valence-electron chi connectivity index (χ0n) is 18.4. The first-order valence-electron chi connectivity index (χ1n) is 10.4. The van der Waals surface area contributed by atoms with E-state index < -0.39 is 5.97 Å². The van der Waals surface area contributed by atoms with E-state index in [0.717, 1.165) is 16.9 Å². The van der Waals surface area contributed by atoms with Crippen LogP contribution in [0.2, 0.25) is 0 Å². The van der Waals surface area contributed by atoms with Crippen molar-refractivity contribution in [3.63, 3.8) is 0 Å². The molecule has 0 unspecified atom stereocenters. The van der Waals surface area contributed by atoms with Gasteiger partial charge < -0.3 is 14.8 Å². The Labute approximate surface area is 191 Å². The van der Waals surface area contributed by atoms with Gasteiger partial charge in [-0.15, -0.1) is 11.3 Å². The fraction of sp³-hybridized carbons (Fsp3) is 0.280. The maximum atomic E-state index is 13.3. The number of amides is 1. The lowest BCUT2D eigenvalue weighted by molar-refractivity contribution is -0.116. The summed E-state index contributed by atoms with van der Waals surface area (Å²) in [7, 11) is 0. The molecule has 0 saturated carbocycles. The summed E-state index contributed by atoms with van der Waals surface area (Å²) in [5, 5.41) is 5.00. The first-order chi connectivity index (χ1) is 15.4. The molecule has 0 aliphatic heterocycles. The number of carbonyl (C=O) groups is 2. The third-order valence-corrected chi connectivity index (χ3v) is 5.93. The van der Waals surface area contributed by atoms with Gasteiger partial charge in [-0.05, 0) is 62.1 Å². The normalized spacial score (nSPS) is 10.6. The topological polar surface area (TPSA) is 64.6 Å². The van der Waals surface area contributed by atoms with Crippen molar-refractivity contribution in [1.82, 2.24) is 0 Å². The van der Waals surface area contributed by atoms with Crippen LogP contribution in [0.15, 0.2) is 47.8 Å². The molecule has 0 aliphatic carbocycles. The summed E-state index contributed by atoms with van der Waals surface area (Å²) >= 11 is 1.24. The smallest absolute Gasteiger partial charge is 0.341 e. The molecule has 1 aromatic heterocycles. The molecule has 0 spiro atoms. The first-order valence-corrected chi connectivity index (χ1v) is 11.3. The highest BCUT2D eigenvalue weighted by Crippen LogP contribution is 2.36. The fourth-order valence-corrected chi connectivity index (χ4v) is 4.16. The molecule has 0 radical (unpaired) electrons. The molecule has 5 nitrogen and oxygen atoms in total. The summed E-state index contributed by atoms with van der Waals surface area (Å²) in [4.78, 5) is 25.1. The Balaban J connectivity index is 1.65. The summed E-state index contributed by atoms with van der Waals surface area (Å²) in [6, 6.07) is 11.7.